The molecule has 0 saturated heterocycles. The summed E-state index contributed by atoms with van der Waals surface area (Å²) in [6.07, 6.45) is 6.04. The Balaban J connectivity index is 1.75. The number of ether oxygens (including phenoxy) is 1. The summed E-state index contributed by atoms with van der Waals surface area (Å²) in [5.74, 6) is -0.440. The van der Waals surface area contributed by atoms with Crippen LogP contribution in [0.15, 0.2) is 89.5 Å². The molecule has 1 atom stereocenters. The molecule has 3 aromatic rings. The molecule has 0 aliphatic heterocycles. The van der Waals surface area contributed by atoms with Crippen molar-refractivity contribution in [2.24, 2.45) is 0 Å². The summed E-state index contributed by atoms with van der Waals surface area (Å²) in [5.41, 5.74) is 5.17. The quantitative estimate of drug-likeness (QED) is 0.342. The third-order valence-electron chi connectivity index (χ3n) is 5.30. The van der Waals surface area contributed by atoms with Gasteiger partial charge in [-0.25, -0.2) is 4.79 Å². The van der Waals surface area contributed by atoms with E-state index in [0.717, 1.165) is 27.8 Å². The lowest BCUT2D eigenvalue weighted by Crippen LogP contribution is -2.21. The van der Waals surface area contributed by atoms with Gasteiger partial charge in [0.1, 0.15) is 17.5 Å². The SMILES string of the molecule is C=C/C=C(\C=C/C)C(C)OC(=O)Nc1c(C)noc1-c1ccc(-c2ccc(CC(=O)O)cc2)cc1. The van der Waals surface area contributed by atoms with Gasteiger partial charge in [-0.2, -0.15) is 0 Å². The van der Waals surface area contributed by atoms with Crippen LogP contribution < -0.4 is 5.32 Å². The van der Waals surface area contributed by atoms with Gasteiger partial charge in [0.25, 0.3) is 0 Å². The van der Waals surface area contributed by atoms with Crippen LogP contribution in [0.1, 0.15) is 25.1 Å². The fourth-order valence-corrected chi connectivity index (χ4v) is 3.53. The fourth-order valence-electron chi connectivity index (χ4n) is 3.53. The zero-order chi connectivity index (χ0) is 25.4. The highest BCUT2D eigenvalue weighted by molar-refractivity contribution is 5.91. The molecule has 0 aliphatic carbocycles. The number of amides is 1. The lowest BCUT2D eigenvalue weighted by Gasteiger charge is -2.15. The Bertz CT molecular complexity index is 1250. The van der Waals surface area contributed by atoms with Crippen LogP contribution in [0.3, 0.4) is 0 Å². The predicted molar refractivity (Wildman–Crippen MR) is 136 cm³/mol. The Labute approximate surface area is 204 Å². The third kappa shape index (κ3) is 6.57. The van der Waals surface area contributed by atoms with Crippen LogP contribution in [0.2, 0.25) is 0 Å². The van der Waals surface area contributed by atoms with E-state index in [-0.39, 0.29) is 6.42 Å². The summed E-state index contributed by atoms with van der Waals surface area (Å²) in [6, 6.07) is 15.0. The minimum Gasteiger partial charge on any atom is -0.481 e. The van der Waals surface area contributed by atoms with Crippen molar-refractivity contribution in [3.63, 3.8) is 0 Å². The monoisotopic (exact) mass is 472 g/mol. The largest absolute Gasteiger partial charge is 0.481 e. The standard InChI is InChI=1S/C28H28N2O5/c1-5-7-21(8-6-2)19(4)34-28(33)29-26-18(3)30-35-27(26)24-15-13-23(14-16-24)22-11-9-20(10-12-22)17-25(31)32/h5-16,19H,1,17H2,2-4H3,(H,29,33)(H,31,32)/b8-6-,21-7+. The molecule has 0 saturated carbocycles. The molecule has 0 radical (unpaired) electrons. The highest BCUT2D eigenvalue weighted by Crippen LogP contribution is 2.32. The number of anilines is 1. The van der Waals surface area contributed by atoms with Gasteiger partial charge in [0.05, 0.1) is 6.42 Å². The molecule has 0 spiro atoms. The van der Waals surface area contributed by atoms with Gasteiger partial charge in [0.15, 0.2) is 5.76 Å². The van der Waals surface area contributed by atoms with E-state index in [1.165, 1.54) is 0 Å². The van der Waals surface area contributed by atoms with Crippen LogP contribution >= 0.6 is 0 Å². The molecule has 7 nitrogen and oxygen atoms in total. The number of allylic oxidation sites excluding steroid dienone is 3. The number of aliphatic carboxylic acids is 1. The average molecular weight is 473 g/mol. The van der Waals surface area contributed by atoms with Crippen molar-refractivity contribution in [3.05, 3.63) is 96.2 Å². The Hall–Kier alpha value is -4.39. The van der Waals surface area contributed by atoms with Crippen molar-refractivity contribution in [2.45, 2.75) is 33.3 Å². The third-order valence-corrected chi connectivity index (χ3v) is 5.30. The second-order valence-corrected chi connectivity index (χ2v) is 7.89. The number of carbonyl (C=O) groups excluding carboxylic acids is 1. The van der Waals surface area contributed by atoms with Crippen molar-refractivity contribution in [2.75, 3.05) is 5.32 Å². The molecule has 35 heavy (non-hydrogen) atoms. The van der Waals surface area contributed by atoms with Crippen LogP contribution in [-0.4, -0.2) is 28.4 Å². The van der Waals surface area contributed by atoms with Crippen LogP contribution in [0.5, 0.6) is 0 Å². The molecule has 2 aromatic carbocycles. The summed E-state index contributed by atoms with van der Waals surface area (Å²) >= 11 is 0. The average Bonchev–Trinajstić information content (AvgIpc) is 3.19. The Morgan fingerprint density at radius 1 is 1.11 bits per heavy atom. The van der Waals surface area contributed by atoms with Gasteiger partial charge < -0.3 is 14.4 Å². The highest BCUT2D eigenvalue weighted by Gasteiger charge is 2.20. The molecular formula is C28H28N2O5. The fraction of sp³-hybridized carbons (Fsp3) is 0.179. The topological polar surface area (TPSA) is 102 Å². The Morgan fingerprint density at radius 2 is 1.71 bits per heavy atom. The minimum atomic E-state index is -0.862. The first-order valence-corrected chi connectivity index (χ1v) is 11.1. The summed E-state index contributed by atoms with van der Waals surface area (Å²) in [4.78, 5) is 23.5. The molecule has 7 heteroatoms. The molecule has 1 unspecified atom stereocenters. The number of nitrogens with zero attached hydrogens (tertiary/aromatic N) is 1. The number of rotatable bonds is 9. The number of aryl methyl sites for hydroxylation is 1. The van der Waals surface area contributed by atoms with Gasteiger partial charge in [0, 0.05) is 5.56 Å². The molecular weight excluding hydrogens is 444 g/mol. The van der Waals surface area contributed by atoms with E-state index < -0.39 is 18.2 Å². The molecule has 0 fully saturated rings. The van der Waals surface area contributed by atoms with Crippen LogP contribution in [0, 0.1) is 6.92 Å². The number of carbonyl (C=O) groups is 2. The number of hydrogen-bond acceptors (Lipinski definition) is 5. The first kappa shape index (κ1) is 25.2. The van der Waals surface area contributed by atoms with Gasteiger partial charge in [-0.15, -0.1) is 0 Å². The summed E-state index contributed by atoms with van der Waals surface area (Å²) < 4.78 is 11.0. The lowest BCUT2D eigenvalue weighted by molar-refractivity contribution is -0.136. The second kappa shape index (κ2) is 11.7. The van der Waals surface area contributed by atoms with Crippen molar-refractivity contribution < 1.29 is 24.0 Å². The van der Waals surface area contributed by atoms with E-state index in [4.69, 9.17) is 14.4 Å². The molecule has 1 aromatic heterocycles. The maximum atomic E-state index is 12.6. The molecule has 1 heterocycles. The van der Waals surface area contributed by atoms with E-state index >= 15 is 0 Å². The van der Waals surface area contributed by atoms with Gasteiger partial charge in [-0.05, 0) is 43.0 Å². The minimum absolute atomic E-state index is 0.0117. The second-order valence-electron chi connectivity index (χ2n) is 7.89. The number of carboxylic acids is 1. The van der Waals surface area contributed by atoms with Gasteiger partial charge in [-0.1, -0.05) is 84.6 Å². The summed E-state index contributed by atoms with van der Waals surface area (Å²) in [5, 5.41) is 15.7. The van der Waals surface area contributed by atoms with E-state index in [9.17, 15) is 9.59 Å². The summed E-state index contributed by atoms with van der Waals surface area (Å²) in [7, 11) is 0. The summed E-state index contributed by atoms with van der Waals surface area (Å²) in [6.45, 7) is 9.10. The van der Waals surface area contributed by atoms with Crippen molar-refractivity contribution in [1.29, 1.82) is 0 Å². The van der Waals surface area contributed by atoms with Crippen molar-refractivity contribution >= 4 is 17.7 Å². The number of hydrogen-bond donors (Lipinski definition) is 2. The van der Waals surface area contributed by atoms with Crippen LogP contribution in [0.4, 0.5) is 10.5 Å². The van der Waals surface area contributed by atoms with Crippen LogP contribution in [-0.2, 0) is 16.0 Å². The van der Waals surface area contributed by atoms with E-state index in [2.05, 4.69) is 17.1 Å². The normalized spacial score (nSPS) is 12.4. The number of aromatic nitrogens is 1. The predicted octanol–water partition coefficient (Wildman–Crippen LogP) is 6.57. The van der Waals surface area contributed by atoms with E-state index in [0.29, 0.717) is 17.1 Å². The van der Waals surface area contributed by atoms with Crippen molar-refractivity contribution in [1.82, 2.24) is 5.16 Å². The molecule has 0 bridgehead atoms. The maximum absolute atomic E-state index is 12.6. The molecule has 0 aliphatic rings. The van der Waals surface area contributed by atoms with E-state index in [1.807, 2.05) is 55.5 Å². The Morgan fingerprint density at radius 3 is 2.29 bits per heavy atom. The lowest BCUT2D eigenvalue weighted by atomic mass is 10.0. The molecule has 1 amide bonds. The number of benzene rings is 2. The molecule has 3 rings (SSSR count). The Kier molecular flexibility index (Phi) is 8.40. The molecule has 180 valence electrons. The zero-order valence-corrected chi connectivity index (χ0v) is 19.9. The molecule has 2 N–H and O–H groups in total. The van der Waals surface area contributed by atoms with Crippen molar-refractivity contribution in [3.8, 4) is 22.5 Å². The van der Waals surface area contributed by atoms with Gasteiger partial charge >= 0.3 is 12.1 Å². The highest BCUT2D eigenvalue weighted by atomic mass is 16.6. The van der Waals surface area contributed by atoms with Gasteiger partial charge in [-0.3, -0.25) is 10.1 Å². The van der Waals surface area contributed by atoms with E-state index in [1.54, 1.807) is 38.1 Å². The number of nitrogens with one attached hydrogen (secondary N) is 1. The smallest absolute Gasteiger partial charge is 0.412 e. The number of carboxylic acid groups (broad SMARTS) is 1. The van der Waals surface area contributed by atoms with Crippen LogP contribution in [0.25, 0.3) is 22.5 Å². The van der Waals surface area contributed by atoms with Gasteiger partial charge in [0.2, 0.25) is 0 Å². The first-order chi connectivity index (χ1) is 16.8. The maximum Gasteiger partial charge on any atom is 0.412 e. The zero-order valence-electron chi connectivity index (χ0n) is 19.9. The first-order valence-electron chi connectivity index (χ1n) is 11.1.